The van der Waals surface area contributed by atoms with Crippen LogP contribution in [0.5, 0.6) is 0 Å². The first-order valence-corrected chi connectivity index (χ1v) is 6.27. The van der Waals surface area contributed by atoms with Crippen molar-refractivity contribution in [1.82, 2.24) is 5.32 Å². The lowest BCUT2D eigenvalue weighted by Gasteiger charge is -2.12. The number of likely N-dealkylation sites (N-methyl/N-ethyl adjacent to an activating group) is 1. The minimum Gasteiger partial charge on any atom is -0.395 e. The molecule has 0 saturated heterocycles. The molecule has 15 heavy (non-hydrogen) atoms. The van der Waals surface area contributed by atoms with Crippen molar-refractivity contribution in [2.75, 3.05) is 19.4 Å². The van der Waals surface area contributed by atoms with Crippen LogP contribution in [0.3, 0.4) is 0 Å². The fourth-order valence-corrected chi connectivity index (χ4v) is 2.59. The van der Waals surface area contributed by atoms with E-state index in [2.05, 4.69) is 5.32 Å². The predicted octanol–water partition coefficient (Wildman–Crippen LogP) is 2.67. The van der Waals surface area contributed by atoms with E-state index in [1.54, 1.807) is 23.9 Å². The van der Waals surface area contributed by atoms with E-state index in [0.29, 0.717) is 10.0 Å². The highest BCUT2D eigenvalue weighted by Gasteiger charge is 2.07. The largest absolute Gasteiger partial charge is 0.395 e. The second kappa shape index (κ2) is 6.61. The third-order valence-corrected chi connectivity index (χ3v) is 3.86. The second-order valence-corrected chi connectivity index (χ2v) is 4.96. The summed E-state index contributed by atoms with van der Waals surface area (Å²) in [6.07, 6.45) is 0. The summed E-state index contributed by atoms with van der Waals surface area (Å²) in [5, 5.41) is 13.4. The highest BCUT2D eigenvalue weighted by Crippen LogP contribution is 2.30. The lowest BCUT2D eigenvalue weighted by Crippen LogP contribution is -2.31. The smallest absolute Gasteiger partial charge is 0.0592 e. The molecule has 0 aliphatic carbocycles. The molecule has 5 heteroatoms. The molecule has 1 unspecified atom stereocenters. The molecular formula is C10H13Cl2NOS. The molecule has 0 saturated carbocycles. The molecule has 0 amide bonds. The van der Waals surface area contributed by atoms with Crippen molar-refractivity contribution in [3.63, 3.8) is 0 Å². The quantitative estimate of drug-likeness (QED) is 0.804. The zero-order chi connectivity index (χ0) is 11.3. The molecule has 0 aromatic heterocycles. The summed E-state index contributed by atoms with van der Waals surface area (Å²) in [6, 6.07) is 5.44. The lowest BCUT2D eigenvalue weighted by atomic mass is 10.4. The van der Waals surface area contributed by atoms with E-state index in [1.807, 2.05) is 13.1 Å². The van der Waals surface area contributed by atoms with Crippen LogP contribution in [0.15, 0.2) is 23.1 Å². The maximum atomic E-state index is 8.99. The lowest BCUT2D eigenvalue weighted by molar-refractivity contribution is 0.260. The van der Waals surface area contributed by atoms with Crippen LogP contribution in [-0.4, -0.2) is 30.6 Å². The van der Waals surface area contributed by atoms with Gasteiger partial charge in [0.05, 0.1) is 11.6 Å². The van der Waals surface area contributed by atoms with Crippen LogP contribution in [0.25, 0.3) is 0 Å². The second-order valence-electron chi connectivity index (χ2n) is 3.05. The Bertz CT molecular complexity index is 318. The van der Waals surface area contributed by atoms with Crippen molar-refractivity contribution >= 4 is 35.0 Å². The van der Waals surface area contributed by atoms with Gasteiger partial charge < -0.3 is 10.4 Å². The first kappa shape index (κ1) is 13.1. The molecule has 0 bridgehead atoms. The normalized spacial score (nSPS) is 12.8. The van der Waals surface area contributed by atoms with Crippen molar-refractivity contribution in [2.45, 2.75) is 10.9 Å². The molecule has 0 spiro atoms. The number of aliphatic hydroxyl groups is 1. The molecule has 2 N–H and O–H groups in total. The van der Waals surface area contributed by atoms with Crippen molar-refractivity contribution in [2.24, 2.45) is 0 Å². The topological polar surface area (TPSA) is 32.3 Å². The molecular weight excluding hydrogens is 253 g/mol. The van der Waals surface area contributed by atoms with Crippen LogP contribution >= 0.6 is 35.0 Å². The zero-order valence-corrected chi connectivity index (χ0v) is 10.7. The Morgan fingerprint density at radius 3 is 2.80 bits per heavy atom. The number of hydrogen-bond donors (Lipinski definition) is 2. The van der Waals surface area contributed by atoms with Crippen molar-refractivity contribution < 1.29 is 5.11 Å². The van der Waals surface area contributed by atoms with Gasteiger partial charge in [0.2, 0.25) is 0 Å². The molecule has 0 aliphatic heterocycles. The van der Waals surface area contributed by atoms with Crippen LogP contribution in [0.4, 0.5) is 0 Å². The first-order valence-electron chi connectivity index (χ1n) is 4.53. The van der Waals surface area contributed by atoms with Gasteiger partial charge >= 0.3 is 0 Å². The number of hydrogen-bond acceptors (Lipinski definition) is 3. The minimum atomic E-state index is 0.0741. The van der Waals surface area contributed by atoms with Gasteiger partial charge in [-0.25, -0.2) is 0 Å². The fraction of sp³-hybridized carbons (Fsp3) is 0.400. The molecule has 0 radical (unpaired) electrons. The molecule has 0 fully saturated rings. The van der Waals surface area contributed by atoms with Crippen LogP contribution in [-0.2, 0) is 0 Å². The average molecular weight is 266 g/mol. The number of thioether (sulfide) groups is 1. The highest BCUT2D eigenvalue weighted by atomic mass is 35.5. The number of halogens is 2. The average Bonchev–Trinajstić information content (AvgIpc) is 2.24. The molecule has 2 nitrogen and oxygen atoms in total. The van der Waals surface area contributed by atoms with E-state index in [0.717, 1.165) is 10.6 Å². The molecule has 1 atom stereocenters. The number of nitrogens with one attached hydrogen (secondary N) is 1. The standard InChI is InChI=1S/C10H13Cl2NOS/c1-13-8(5-14)6-15-10-4-7(11)2-3-9(10)12/h2-4,8,13-14H,5-6H2,1H3. The van der Waals surface area contributed by atoms with E-state index in [1.165, 1.54) is 0 Å². The van der Waals surface area contributed by atoms with E-state index >= 15 is 0 Å². The van der Waals surface area contributed by atoms with Crippen molar-refractivity contribution in [1.29, 1.82) is 0 Å². The van der Waals surface area contributed by atoms with E-state index in [4.69, 9.17) is 28.3 Å². The molecule has 84 valence electrons. The summed E-state index contributed by atoms with van der Waals surface area (Å²) in [5.41, 5.74) is 0. The maximum absolute atomic E-state index is 8.99. The molecule has 1 rings (SSSR count). The van der Waals surface area contributed by atoms with Crippen LogP contribution in [0.1, 0.15) is 0 Å². The molecule has 0 heterocycles. The van der Waals surface area contributed by atoms with Gasteiger partial charge in [0.15, 0.2) is 0 Å². The number of benzene rings is 1. The number of rotatable bonds is 5. The van der Waals surface area contributed by atoms with Gasteiger partial charge in [-0.15, -0.1) is 11.8 Å². The Morgan fingerprint density at radius 2 is 2.20 bits per heavy atom. The molecule has 0 aliphatic rings. The van der Waals surface area contributed by atoms with Gasteiger partial charge in [-0.2, -0.15) is 0 Å². The summed E-state index contributed by atoms with van der Waals surface area (Å²) < 4.78 is 0. The number of aliphatic hydroxyl groups excluding tert-OH is 1. The summed E-state index contributed by atoms with van der Waals surface area (Å²) in [4.78, 5) is 0.942. The Hall–Kier alpha value is 0.0700. The molecule has 1 aromatic rings. The molecule has 1 aromatic carbocycles. The van der Waals surface area contributed by atoms with Crippen molar-refractivity contribution in [3.8, 4) is 0 Å². The van der Waals surface area contributed by atoms with Crippen LogP contribution in [0.2, 0.25) is 10.0 Å². The van der Waals surface area contributed by atoms with Gasteiger partial charge in [-0.05, 0) is 25.2 Å². The summed E-state index contributed by atoms with van der Waals surface area (Å²) in [6.45, 7) is 0.113. The Labute approximate surface area is 104 Å². The maximum Gasteiger partial charge on any atom is 0.0592 e. The van der Waals surface area contributed by atoms with E-state index in [-0.39, 0.29) is 12.6 Å². The third-order valence-electron chi connectivity index (χ3n) is 1.96. The summed E-state index contributed by atoms with van der Waals surface area (Å²) >= 11 is 13.4. The monoisotopic (exact) mass is 265 g/mol. The summed E-state index contributed by atoms with van der Waals surface area (Å²) in [5.74, 6) is 0.757. The third kappa shape index (κ3) is 4.21. The Morgan fingerprint density at radius 1 is 1.47 bits per heavy atom. The highest BCUT2D eigenvalue weighted by molar-refractivity contribution is 7.99. The predicted molar refractivity (Wildman–Crippen MR) is 67.1 cm³/mol. The fourth-order valence-electron chi connectivity index (χ4n) is 1.01. The summed E-state index contributed by atoms with van der Waals surface area (Å²) in [7, 11) is 1.82. The van der Waals surface area contributed by atoms with E-state index < -0.39 is 0 Å². The zero-order valence-electron chi connectivity index (χ0n) is 8.34. The SMILES string of the molecule is CNC(CO)CSc1cc(Cl)ccc1Cl. The van der Waals surface area contributed by atoms with E-state index in [9.17, 15) is 0 Å². The Kier molecular flexibility index (Phi) is 5.79. The van der Waals surface area contributed by atoms with Crippen molar-refractivity contribution in [3.05, 3.63) is 28.2 Å². The van der Waals surface area contributed by atoms with Gasteiger partial charge in [-0.3, -0.25) is 0 Å². The van der Waals surface area contributed by atoms with Crippen LogP contribution in [0, 0.1) is 0 Å². The van der Waals surface area contributed by atoms with Gasteiger partial charge in [0.1, 0.15) is 0 Å². The minimum absolute atomic E-state index is 0.0741. The van der Waals surface area contributed by atoms with Gasteiger partial charge in [0.25, 0.3) is 0 Å². The first-order chi connectivity index (χ1) is 7.17. The Balaban J connectivity index is 2.60. The van der Waals surface area contributed by atoms with Crippen LogP contribution < -0.4 is 5.32 Å². The van der Waals surface area contributed by atoms with Gasteiger partial charge in [-0.1, -0.05) is 23.2 Å². The van der Waals surface area contributed by atoms with Gasteiger partial charge in [0, 0.05) is 21.7 Å².